The van der Waals surface area contributed by atoms with Crippen molar-refractivity contribution in [3.05, 3.63) is 71.8 Å². The lowest BCUT2D eigenvalue weighted by atomic mass is 9.69. The molecule has 1 aliphatic heterocycles. The van der Waals surface area contributed by atoms with Gasteiger partial charge in [-0.05, 0) is 36.9 Å². The second-order valence-corrected chi connectivity index (χ2v) is 6.99. The predicted octanol–water partition coefficient (Wildman–Crippen LogP) is 5.02. The molecule has 1 saturated heterocycles. The van der Waals surface area contributed by atoms with Crippen LogP contribution >= 0.6 is 12.4 Å². The molecule has 0 saturated carbocycles. The number of benzene rings is 2. The average Bonchev–Trinajstić information content (AvgIpc) is 2.65. The third-order valence-electron chi connectivity index (χ3n) is 5.33. The number of piperidine rings is 1. The first kappa shape index (κ1) is 20.0. The van der Waals surface area contributed by atoms with Crippen LogP contribution in [-0.4, -0.2) is 17.7 Å². The summed E-state index contributed by atoms with van der Waals surface area (Å²) in [5.41, 5.74) is 1.43. The number of hydrogen-bond donors (Lipinski definition) is 2. The molecule has 0 spiro atoms. The van der Waals surface area contributed by atoms with Crippen LogP contribution in [0.4, 0.5) is 0 Å². The maximum absolute atomic E-state index is 11.9. The van der Waals surface area contributed by atoms with E-state index >= 15 is 0 Å². The SMILES string of the molecule is CCCC(O)(c1ccccc1)C(c1ccccc1)C1CCCCN1.Cl. The fourth-order valence-electron chi connectivity index (χ4n) is 4.25. The third-order valence-corrected chi connectivity index (χ3v) is 5.33. The highest BCUT2D eigenvalue weighted by molar-refractivity contribution is 5.85. The maximum atomic E-state index is 11.9. The molecule has 1 aliphatic rings. The normalized spacial score (nSPS) is 21.0. The van der Waals surface area contributed by atoms with Crippen LogP contribution in [0.2, 0.25) is 0 Å². The van der Waals surface area contributed by atoms with E-state index in [-0.39, 0.29) is 18.3 Å². The molecular formula is C22H30ClNO. The summed E-state index contributed by atoms with van der Waals surface area (Å²) < 4.78 is 0. The molecule has 3 atom stereocenters. The van der Waals surface area contributed by atoms with Gasteiger partial charge in [0.2, 0.25) is 0 Å². The van der Waals surface area contributed by atoms with Crippen LogP contribution in [0.25, 0.3) is 0 Å². The number of nitrogens with one attached hydrogen (secondary N) is 1. The minimum Gasteiger partial charge on any atom is -0.384 e. The summed E-state index contributed by atoms with van der Waals surface area (Å²) in [7, 11) is 0. The van der Waals surface area contributed by atoms with Gasteiger partial charge in [0.15, 0.2) is 0 Å². The molecule has 136 valence electrons. The molecular weight excluding hydrogens is 330 g/mol. The van der Waals surface area contributed by atoms with E-state index in [4.69, 9.17) is 0 Å². The molecule has 0 amide bonds. The molecule has 3 unspecified atom stereocenters. The van der Waals surface area contributed by atoms with Crippen molar-refractivity contribution in [2.45, 2.75) is 56.6 Å². The zero-order chi connectivity index (χ0) is 16.8. The number of aliphatic hydroxyl groups is 1. The molecule has 3 rings (SSSR count). The van der Waals surface area contributed by atoms with Gasteiger partial charge in [-0.15, -0.1) is 12.4 Å². The van der Waals surface area contributed by atoms with E-state index < -0.39 is 5.60 Å². The van der Waals surface area contributed by atoms with Crippen LogP contribution in [0.3, 0.4) is 0 Å². The monoisotopic (exact) mass is 359 g/mol. The van der Waals surface area contributed by atoms with Crippen LogP contribution in [0, 0.1) is 0 Å². The first-order valence-electron chi connectivity index (χ1n) is 9.32. The Hall–Kier alpha value is -1.35. The topological polar surface area (TPSA) is 32.3 Å². The Bertz CT molecular complexity index is 612. The summed E-state index contributed by atoms with van der Waals surface area (Å²) in [5.74, 6) is 0.0707. The van der Waals surface area contributed by atoms with Crippen molar-refractivity contribution >= 4 is 12.4 Å². The zero-order valence-electron chi connectivity index (χ0n) is 15.0. The first-order chi connectivity index (χ1) is 11.8. The molecule has 1 heterocycles. The third kappa shape index (κ3) is 4.44. The summed E-state index contributed by atoms with van der Waals surface area (Å²) in [4.78, 5) is 0. The number of halogens is 1. The standard InChI is InChI=1S/C22H29NO.ClH/c1-2-16-22(24,19-13-7-4-8-14-19)21(18-11-5-3-6-12-18)20-15-9-10-17-23-20;/h3-8,11-14,20-21,23-24H,2,9-10,15-17H2,1H3;1H. The predicted molar refractivity (Wildman–Crippen MR) is 107 cm³/mol. The van der Waals surface area contributed by atoms with Crippen LogP contribution in [0.1, 0.15) is 56.1 Å². The van der Waals surface area contributed by atoms with Crippen LogP contribution in [-0.2, 0) is 5.60 Å². The molecule has 0 aliphatic carbocycles. The second-order valence-electron chi connectivity index (χ2n) is 6.99. The Morgan fingerprint density at radius 2 is 1.68 bits per heavy atom. The van der Waals surface area contributed by atoms with Gasteiger partial charge >= 0.3 is 0 Å². The smallest absolute Gasteiger partial charge is 0.0979 e. The van der Waals surface area contributed by atoms with Crippen molar-refractivity contribution in [2.75, 3.05) is 6.54 Å². The van der Waals surface area contributed by atoms with Gasteiger partial charge in [0.25, 0.3) is 0 Å². The summed E-state index contributed by atoms with van der Waals surface area (Å²) in [6.45, 7) is 3.20. The Balaban J connectivity index is 0.00000225. The lowest BCUT2D eigenvalue weighted by Crippen LogP contribution is -2.48. The van der Waals surface area contributed by atoms with Crippen molar-refractivity contribution in [2.24, 2.45) is 0 Å². The van der Waals surface area contributed by atoms with Crippen LogP contribution < -0.4 is 5.32 Å². The summed E-state index contributed by atoms with van der Waals surface area (Å²) in [5, 5.41) is 15.6. The zero-order valence-corrected chi connectivity index (χ0v) is 15.8. The van der Waals surface area contributed by atoms with E-state index in [1.54, 1.807) is 0 Å². The molecule has 25 heavy (non-hydrogen) atoms. The van der Waals surface area contributed by atoms with Gasteiger partial charge in [0, 0.05) is 12.0 Å². The molecule has 2 nitrogen and oxygen atoms in total. The minimum atomic E-state index is -0.841. The van der Waals surface area contributed by atoms with E-state index in [1.807, 2.05) is 18.2 Å². The molecule has 2 aromatic carbocycles. The molecule has 0 bridgehead atoms. The Kier molecular flexibility index (Phi) is 7.49. The molecule has 1 fully saturated rings. The van der Waals surface area contributed by atoms with Crippen LogP contribution in [0.5, 0.6) is 0 Å². The van der Waals surface area contributed by atoms with Gasteiger partial charge < -0.3 is 10.4 Å². The van der Waals surface area contributed by atoms with Crippen LogP contribution in [0.15, 0.2) is 60.7 Å². The van der Waals surface area contributed by atoms with Crippen molar-refractivity contribution in [3.8, 4) is 0 Å². The number of rotatable bonds is 6. The second kappa shape index (κ2) is 9.38. The number of hydrogen-bond acceptors (Lipinski definition) is 2. The highest BCUT2D eigenvalue weighted by Gasteiger charge is 2.43. The van der Waals surface area contributed by atoms with Crippen molar-refractivity contribution < 1.29 is 5.11 Å². The van der Waals surface area contributed by atoms with E-state index in [0.29, 0.717) is 6.04 Å². The van der Waals surface area contributed by atoms with E-state index in [2.05, 4.69) is 54.7 Å². The molecule has 2 aromatic rings. The first-order valence-corrected chi connectivity index (χ1v) is 9.32. The van der Waals surface area contributed by atoms with E-state index in [0.717, 1.165) is 31.4 Å². The summed E-state index contributed by atoms with van der Waals surface area (Å²) in [6, 6.07) is 21.1. The molecule has 2 N–H and O–H groups in total. The van der Waals surface area contributed by atoms with E-state index in [1.165, 1.54) is 18.4 Å². The Morgan fingerprint density at radius 1 is 1.04 bits per heavy atom. The average molecular weight is 360 g/mol. The van der Waals surface area contributed by atoms with Gasteiger partial charge in [-0.3, -0.25) is 0 Å². The fraction of sp³-hybridized carbons (Fsp3) is 0.455. The van der Waals surface area contributed by atoms with Gasteiger partial charge in [-0.1, -0.05) is 80.4 Å². The quantitative estimate of drug-likeness (QED) is 0.758. The Morgan fingerprint density at radius 3 is 2.24 bits per heavy atom. The van der Waals surface area contributed by atoms with Crippen molar-refractivity contribution in [3.63, 3.8) is 0 Å². The lowest BCUT2D eigenvalue weighted by molar-refractivity contribution is -0.0177. The van der Waals surface area contributed by atoms with Gasteiger partial charge in [-0.25, -0.2) is 0 Å². The van der Waals surface area contributed by atoms with Gasteiger partial charge in [0.05, 0.1) is 5.60 Å². The fourth-order valence-corrected chi connectivity index (χ4v) is 4.25. The van der Waals surface area contributed by atoms with Gasteiger partial charge in [0.1, 0.15) is 0 Å². The lowest BCUT2D eigenvalue weighted by Gasteiger charge is -2.43. The Labute approximate surface area is 158 Å². The maximum Gasteiger partial charge on any atom is 0.0979 e. The van der Waals surface area contributed by atoms with E-state index in [9.17, 15) is 5.11 Å². The van der Waals surface area contributed by atoms with Crippen molar-refractivity contribution in [1.82, 2.24) is 5.32 Å². The highest BCUT2D eigenvalue weighted by atomic mass is 35.5. The molecule has 0 radical (unpaired) electrons. The van der Waals surface area contributed by atoms with Gasteiger partial charge in [-0.2, -0.15) is 0 Å². The molecule has 3 heteroatoms. The summed E-state index contributed by atoms with van der Waals surface area (Å²) >= 11 is 0. The van der Waals surface area contributed by atoms with Crippen molar-refractivity contribution in [1.29, 1.82) is 0 Å². The highest BCUT2D eigenvalue weighted by Crippen LogP contribution is 2.44. The largest absolute Gasteiger partial charge is 0.384 e. The minimum absolute atomic E-state index is 0. The summed E-state index contributed by atoms with van der Waals surface area (Å²) in [6.07, 6.45) is 5.32. The molecule has 0 aromatic heterocycles.